The number of nitrogens with zero attached hydrogens (tertiary/aromatic N) is 1. The topological polar surface area (TPSA) is 54.5 Å². The van der Waals surface area contributed by atoms with Gasteiger partial charge >= 0.3 is 0 Å². The molecular weight excluding hydrogens is 374 g/mol. The molecule has 1 fully saturated rings. The third-order valence-corrected chi connectivity index (χ3v) is 6.98. The lowest BCUT2D eigenvalue weighted by Gasteiger charge is -2.45. The second kappa shape index (κ2) is 5.99. The molecule has 0 radical (unpaired) electrons. The molecule has 0 unspecified atom stereocenters. The van der Waals surface area contributed by atoms with Gasteiger partial charge in [0, 0.05) is 17.4 Å². The molecule has 4 aliphatic rings. The Balaban J connectivity index is 1.51. The van der Waals surface area contributed by atoms with Gasteiger partial charge in [-0.05, 0) is 53.4 Å². The van der Waals surface area contributed by atoms with Gasteiger partial charge < -0.3 is 0 Å². The molecule has 2 bridgehead atoms. The molecular formula is C26H19NO3. The van der Waals surface area contributed by atoms with Crippen LogP contribution in [0.15, 0.2) is 72.8 Å². The first kappa shape index (κ1) is 17.3. The summed E-state index contributed by atoms with van der Waals surface area (Å²) in [5, 5.41) is 0. The van der Waals surface area contributed by atoms with Crippen LogP contribution >= 0.6 is 0 Å². The van der Waals surface area contributed by atoms with E-state index in [1.807, 2.05) is 24.3 Å². The van der Waals surface area contributed by atoms with Gasteiger partial charge in [-0.2, -0.15) is 0 Å². The van der Waals surface area contributed by atoms with Crippen LogP contribution in [0.1, 0.15) is 51.4 Å². The summed E-state index contributed by atoms with van der Waals surface area (Å²) in [4.78, 5) is 40.2. The Kier molecular flexibility index (Phi) is 3.46. The van der Waals surface area contributed by atoms with Crippen LogP contribution in [0.25, 0.3) is 0 Å². The molecule has 3 aromatic carbocycles. The van der Waals surface area contributed by atoms with E-state index in [1.54, 1.807) is 24.3 Å². The van der Waals surface area contributed by atoms with Crippen LogP contribution in [0, 0.1) is 11.8 Å². The van der Waals surface area contributed by atoms with E-state index in [4.69, 9.17) is 0 Å². The zero-order valence-electron chi connectivity index (χ0n) is 16.4. The number of hydrogen-bond donors (Lipinski definition) is 0. The number of anilines is 1. The number of carbonyl (C=O) groups is 3. The lowest BCUT2D eigenvalue weighted by molar-refractivity contribution is -0.122. The highest BCUT2D eigenvalue weighted by atomic mass is 16.2. The molecule has 0 aromatic heterocycles. The Hall–Kier alpha value is -3.53. The minimum Gasteiger partial charge on any atom is -0.295 e. The number of Topliss-reactive ketones (excluding diaryl/α,β-unsaturated/α-hetero) is 1. The largest absolute Gasteiger partial charge is 0.295 e. The van der Waals surface area contributed by atoms with E-state index in [2.05, 4.69) is 24.3 Å². The van der Waals surface area contributed by atoms with Gasteiger partial charge in [0.2, 0.25) is 11.8 Å². The SMILES string of the molecule is CC(=O)c1ccc(N2C(=O)[C@@H]3C4c5ccccc5C(c5ccccc54)[C@@H]3C2=O)cc1. The first-order valence-electron chi connectivity index (χ1n) is 10.2. The highest BCUT2D eigenvalue weighted by molar-refractivity contribution is 6.23. The smallest absolute Gasteiger partial charge is 0.238 e. The van der Waals surface area contributed by atoms with Crippen molar-refractivity contribution in [3.05, 3.63) is 101 Å². The molecule has 0 spiro atoms. The van der Waals surface area contributed by atoms with Gasteiger partial charge in [0.15, 0.2) is 5.78 Å². The van der Waals surface area contributed by atoms with Crippen LogP contribution in [0.2, 0.25) is 0 Å². The van der Waals surface area contributed by atoms with Crippen molar-refractivity contribution in [2.75, 3.05) is 4.90 Å². The molecule has 7 rings (SSSR count). The highest BCUT2D eigenvalue weighted by Crippen LogP contribution is 2.61. The Morgan fingerprint density at radius 1 is 0.667 bits per heavy atom. The van der Waals surface area contributed by atoms with Crippen molar-refractivity contribution in [1.29, 1.82) is 0 Å². The van der Waals surface area contributed by atoms with Crippen LogP contribution in [0.5, 0.6) is 0 Å². The van der Waals surface area contributed by atoms with E-state index in [1.165, 1.54) is 11.8 Å². The van der Waals surface area contributed by atoms with E-state index in [0.29, 0.717) is 11.3 Å². The number of carbonyl (C=O) groups excluding carboxylic acids is 3. The molecule has 4 heteroatoms. The molecule has 0 N–H and O–H groups in total. The van der Waals surface area contributed by atoms with Crippen molar-refractivity contribution in [1.82, 2.24) is 0 Å². The van der Waals surface area contributed by atoms with Gasteiger partial charge in [0.05, 0.1) is 17.5 Å². The van der Waals surface area contributed by atoms with Crippen molar-refractivity contribution in [3.63, 3.8) is 0 Å². The second-order valence-electron chi connectivity index (χ2n) is 8.38. The Morgan fingerprint density at radius 2 is 1.07 bits per heavy atom. The predicted octanol–water partition coefficient (Wildman–Crippen LogP) is 4.29. The summed E-state index contributed by atoms with van der Waals surface area (Å²) in [6.07, 6.45) is 0. The molecule has 4 nitrogen and oxygen atoms in total. The number of ketones is 1. The zero-order valence-corrected chi connectivity index (χ0v) is 16.4. The van der Waals surface area contributed by atoms with Crippen LogP contribution in [0.3, 0.4) is 0 Å². The minimum absolute atomic E-state index is 0.0433. The fourth-order valence-corrected chi connectivity index (χ4v) is 5.78. The van der Waals surface area contributed by atoms with Crippen molar-refractivity contribution < 1.29 is 14.4 Å². The monoisotopic (exact) mass is 393 g/mol. The number of benzene rings is 3. The molecule has 1 saturated heterocycles. The first-order valence-corrected chi connectivity index (χ1v) is 10.2. The molecule has 1 heterocycles. The summed E-state index contributed by atoms with van der Waals surface area (Å²) < 4.78 is 0. The zero-order chi connectivity index (χ0) is 20.6. The van der Waals surface area contributed by atoms with Crippen LogP contribution < -0.4 is 4.90 Å². The van der Waals surface area contributed by atoms with Crippen LogP contribution in [-0.2, 0) is 9.59 Å². The lowest BCUT2D eigenvalue weighted by Crippen LogP contribution is -2.41. The average molecular weight is 393 g/mol. The molecule has 3 aromatic rings. The van der Waals surface area contributed by atoms with E-state index >= 15 is 0 Å². The number of imide groups is 1. The van der Waals surface area contributed by atoms with Crippen molar-refractivity contribution in [2.24, 2.45) is 11.8 Å². The molecule has 2 amide bonds. The van der Waals surface area contributed by atoms with Gasteiger partial charge in [-0.1, -0.05) is 48.5 Å². The third-order valence-electron chi connectivity index (χ3n) is 6.98. The lowest BCUT2D eigenvalue weighted by atomic mass is 9.55. The van der Waals surface area contributed by atoms with Crippen molar-refractivity contribution in [2.45, 2.75) is 18.8 Å². The minimum atomic E-state index is -0.389. The molecule has 1 aliphatic heterocycles. The van der Waals surface area contributed by atoms with Crippen molar-refractivity contribution >= 4 is 23.3 Å². The van der Waals surface area contributed by atoms with Gasteiger partial charge in [-0.3, -0.25) is 14.4 Å². The Labute approximate surface area is 174 Å². The van der Waals surface area contributed by atoms with Gasteiger partial charge in [-0.15, -0.1) is 0 Å². The van der Waals surface area contributed by atoms with E-state index in [-0.39, 0.29) is 41.3 Å². The van der Waals surface area contributed by atoms with Crippen molar-refractivity contribution in [3.8, 4) is 0 Å². The number of amides is 2. The maximum absolute atomic E-state index is 13.6. The summed E-state index contributed by atoms with van der Waals surface area (Å²) in [6, 6.07) is 23.2. The Bertz CT molecular complexity index is 1130. The van der Waals surface area contributed by atoms with Crippen LogP contribution in [-0.4, -0.2) is 17.6 Å². The summed E-state index contributed by atoms with van der Waals surface area (Å²) >= 11 is 0. The maximum atomic E-state index is 13.6. The van der Waals surface area contributed by atoms with Crippen LogP contribution in [0.4, 0.5) is 5.69 Å². The standard InChI is InChI=1S/C26H19NO3/c1-14(28)15-10-12-16(13-11-15)27-25(29)23-21-17-6-2-3-7-18(17)22(24(23)26(27)30)20-9-5-4-8-19(20)21/h2-13,21-24H,1H3/t21?,22?,23-,24+. The summed E-state index contributed by atoms with van der Waals surface area (Å²) in [5.74, 6) is -1.31. The summed E-state index contributed by atoms with van der Waals surface area (Å²) in [7, 11) is 0. The molecule has 3 aliphatic carbocycles. The highest BCUT2D eigenvalue weighted by Gasteiger charge is 2.61. The normalized spacial score (nSPS) is 25.7. The van der Waals surface area contributed by atoms with Gasteiger partial charge in [0.1, 0.15) is 0 Å². The molecule has 0 saturated carbocycles. The predicted molar refractivity (Wildman–Crippen MR) is 112 cm³/mol. The van der Waals surface area contributed by atoms with E-state index < -0.39 is 0 Å². The number of hydrogen-bond acceptors (Lipinski definition) is 3. The summed E-state index contributed by atoms with van der Waals surface area (Å²) in [5.41, 5.74) is 5.76. The summed E-state index contributed by atoms with van der Waals surface area (Å²) in [6.45, 7) is 1.50. The second-order valence-corrected chi connectivity index (χ2v) is 8.38. The number of rotatable bonds is 2. The molecule has 146 valence electrons. The third kappa shape index (κ3) is 2.08. The average Bonchev–Trinajstić information content (AvgIpc) is 3.04. The fraction of sp³-hybridized carbons (Fsp3) is 0.192. The van der Waals surface area contributed by atoms with E-state index in [0.717, 1.165) is 22.3 Å². The molecule has 30 heavy (non-hydrogen) atoms. The molecule has 2 atom stereocenters. The van der Waals surface area contributed by atoms with E-state index in [9.17, 15) is 14.4 Å². The maximum Gasteiger partial charge on any atom is 0.238 e. The first-order chi connectivity index (χ1) is 14.6. The fourth-order valence-electron chi connectivity index (χ4n) is 5.78. The Morgan fingerprint density at radius 3 is 1.43 bits per heavy atom. The van der Waals surface area contributed by atoms with Gasteiger partial charge in [-0.25, -0.2) is 4.90 Å². The van der Waals surface area contributed by atoms with Gasteiger partial charge in [0.25, 0.3) is 0 Å². The quantitative estimate of drug-likeness (QED) is 0.482.